The van der Waals surface area contributed by atoms with Crippen LogP contribution in [0.15, 0.2) is 6.07 Å². The van der Waals surface area contributed by atoms with E-state index < -0.39 is 0 Å². The van der Waals surface area contributed by atoms with E-state index in [1.54, 1.807) is 0 Å². The van der Waals surface area contributed by atoms with Gasteiger partial charge < -0.3 is 5.73 Å². The lowest BCUT2D eigenvalue weighted by Gasteiger charge is -2.15. The van der Waals surface area contributed by atoms with Gasteiger partial charge in [0.05, 0.1) is 0 Å². The van der Waals surface area contributed by atoms with Crippen LogP contribution in [0.4, 0.5) is 0 Å². The number of aryl methyl sites for hydroxylation is 2. The Hall–Kier alpha value is -0.340. The number of rotatable bonds is 4. The molecule has 14 heavy (non-hydrogen) atoms. The normalized spacial score (nSPS) is 15.5. The summed E-state index contributed by atoms with van der Waals surface area (Å²) in [6.45, 7) is 8.82. The first kappa shape index (κ1) is 11.7. The highest BCUT2D eigenvalue weighted by Gasteiger charge is 2.13. The Morgan fingerprint density at radius 2 is 2.07 bits per heavy atom. The smallest absolute Gasteiger partial charge is 0.0308 e. The van der Waals surface area contributed by atoms with Crippen molar-refractivity contribution in [2.24, 2.45) is 11.7 Å². The molecule has 1 aromatic heterocycles. The summed E-state index contributed by atoms with van der Waals surface area (Å²) in [5.74, 6) is 0.726. The average molecular weight is 211 g/mol. The minimum Gasteiger partial charge on any atom is -0.324 e. The predicted octanol–water partition coefficient (Wildman–Crippen LogP) is 3.80. The van der Waals surface area contributed by atoms with E-state index in [-0.39, 0.29) is 6.04 Å². The van der Waals surface area contributed by atoms with Crippen molar-refractivity contribution in [3.63, 3.8) is 0 Å². The van der Waals surface area contributed by atoms with Gasteiger partial charge in [0.25, 0.3) is 0 Å². The van der Waals surface area contributed by atoms with Crippen molar-refractivity contribution in [2.45, 2.75) is 46.6 Å². The maximum Gasteiger partial charge on any atom is 0.0308 e. The number of thiophene rings is 1. The first-order valence-corrected chi connectivity index (χ1v) is 6.18. The Morgan fingerprint density at radius 1 is 1.43 bits per heavy atom. The van der Waals surface area contributed by atoms with E-state index in [1.807, 2.05) is 11.3 Å². The minimum absolute atomic E-state index is 0.231. The van der Waals surface area contributed by atoms with Gasteiger partial charge in [-0.25, -0.2) is 0 Å². The van der Waals surface area contributed by atoms with Crippen LogP contribution in [-0.4, -0.2) is 0 Å². The molecule has 0 aliphatic heterocycles. The zero-order valence-corrected chi connectivity index (χ0v) is 10.4. The van der Waals surface area contributed by atoms with Crippen molar-refractivity contribution in [3.8, 4) is 0 Å². The first-order valence-electron chi connectivity index (χ1n) is 5.37. The lowest BCUT2D eigenvalue weighted by atomic mass is 9.95. The summed E-state index contributed by atoms with van der Waals surface area (Å²) in [6.07, 6.45) is 2.32. The molecule has 1 aromatic rings. The van der Waals surface area contributed by atoms with Crippen LogP contribution in [0.3, 0.4) is 0 Å². The molecule has 0 radical (unpaired) electrons. The van der Waals surface area contributed by atoms with Crippen molar-refractivity contribution in [2.75, 3.05) is 0 Å². The maximum atomic E-state index is 6.19. The molecule has 2 atom stereocenters. The van der Waals surface area contributed by atoms with E-state index >= 15 is 0 Å². The highest BCUT2D eigenvalue weighted by atomic mass is 32.1. The number of hydrogen-bond acceptors (Lipinski definition) is 2. The van der Waals surface area contributed by atoms with Crippen molar-refractivity contribution in [1.82, 2.24) is 0 Å². The highest BCUT2D eigenvalue weighted by Crippen LogP contribution is 2.29. The van der Waals surface area contributed by atoms with Crippen LogP contribution in [0.1, 0.15) is 48.0 Å². The van der Waals surface area contributed by atoms with Gasteiger partial charge >= 0.3 is 0 Å². The number of hydrogen-bond donors (Lipinski definition) is 1. The summed E-state index contributed by atoms with van der Waals surface area (Å²) < 4.78 is 0. The molecule has 1 heterocycles. The lowest BCUT2D eigenvalue weighted by molar-refractivity contribution is 0.461. The minimum atomic E-state index is 0.231. The molecule has 0 saturated carbocycles. The highest BCUT2D eigenvalue weighted by molar-refractivity contribution is 7.12. The van der Waals surface area contributed by atoms with Crippen LogP contribution in [0.2, 0.25) is 0 Å². The van der Waals surface area contributed by atoms with Gasteiger partial charge in [-0.3, -0.25) is 0 Å². The molecule has 0 fully saturated rings. The van der Waals surface area contributed by atoms with Crippen molar-refractivity contribution < 1.29 is 0 Å². The van der Waals surface area contributed by atoms with E-state index in [2.05, 4.69) is 33.8 Å². The summed E-state index contributed by atoms with van der Waals surface area (Å²) in [4.78, 5) is 2.76. The maximum absolute atomic E-state index is 6.19. The second-order valence-electron chi connectivity index (χ2n) is 4.22. The lowest BCUT2D eigenvalue weighted by Crippen LogP contribution is -2.13. The van der Waals surface area contributed by atoms with Crippen LogP contribution in [0, 0.1) is 19.8 Å². The van der Waals surface area contributed by atoms with Crippen LogP contribution in [0.5, 0.6) is 0 Å². The van der Waals surface area contributed by atoms with E-state index in [4.69, 9.17) is 5.73 Å². The van der Waals surface area contributed by atoms with E-state index in [9.17, 15) is 0 Å². The van der Waals surface area contributed by atoms with Crippen molar-refractivity contribution >= 4 is 11.3 Å². The third-order valence-corrected chi connectivity index (χ3v) is 3.81. The van der Waals surface area contributed by atoms with Crippen LogP contribution in [0.25, 0.3) is 0 Å². The van der Waals surface area contributed by atoms with Crippen LogP contribution < -0.4 is 5.73 Å². The molecule has 0 aromatic carbocycles. The van der Waals surface area contributed by atoms with Gasteiger partial charge in [0.1, 0.15) is 0 Å². The van der Waals surface area contributed by atoms with Crippen molar-refractivity contribution in [3.05, 3.63) is 21.4 Å². The van der Waals surface area contributed by atoms with E-state index in [0.29, 0.717) is 0 Å². The fourth-order valence-corrected chi connectivity index (χ4v) is 2.74. The summed E-state index contributed by atoms with van der Waals surface area (Å²) in [5, 5.41) is 0. The summed E-state index contributed by atoms with van der Waals surface area (Å²) >= 11 is 1.85. The van der Waals surface area contributed by atoms with Gasteiger partial charge in [-0.1, -0.05) is 20.3 Å². The molecule has 0 spiro atoms. The molecular formula is C12H21NS. The van der Waals surface area contributed by atoms with Gasteiger partial charge in [-0.15, -0.1) is 11.3 Å². The Balaban J connectivity index is 2.69. The van der Waals surface area contributed by atoms with Crippen molar-refractivity contribution in [1.29, 1.82) is 0 Å². The van der Waals surface area contributed by atoms with Crippen LogP contribution in [-0.2, 0) is 0 Å². The molecule has 1 nitrogen and oxygen atoms in total. The second-order valence-corrected chi connectivity index (χ2v) is 5.68. The fourth-order valence-electron chi connectivity index (χ4n) is 1.75. The molecule has 0 saturated heterocycles. The zero-order valence-electron chi connectivity index (χ0n) is 9.63. The molecule has 2 unspecified atom stereocenters. The molecule has 1 rings (SSSR count). The van der Waals surface area contributed by atoms with E-state index in [1.165, 1.54) is 21.7 Å². The third-order valence-electron chi connectivity index (χ3n) is 2.83. The SMILES string of the molecule is CCC(C)CC(N)c1cc(C)sc1C. The fraction of sp³-hybridized carbons (Fsp3) is 0.667. The van der Waals surface area contributed by atoms with Gasteiger partial charge in [-0.2, -0.15) is 0 Å². The molecule has 0 bridgehead atoms. The summed E-state index contributed by atoms with van der Waals surface area (Å²) in [5.41, 5.74) is 7.55. The monoisotopic (exact) mass is 211 g/mol. The Kier molecular flexibility index (Phi) is 4.14. The Labute approximate surface area is 91.3 Å². The zero-order chi connectivity index (χ0) is 10.7. The third kappa shape index (κ3) is 2.82. The topological polar surface area (TPSA) is 26.0 Å². The molecule has 0 amide bonds. The summed E-state index contributed by atoms with van der Waals surface area (Å²) in [7, 11) is 0. The van der Waals surface area contributed by atoms with Crippen LogP contribution >= 0.6 is 11.3 Å². The van der Waals surface area contributed by atoms with E-state index in [0.717, 1.165) is 12.3 Å². The quantitative estimate of drug-likeness (QED) is 0.805. The molecule has 80 valence electrons. The average Bonchev–Trinajstić information content (AvgIpc) is 2.45. The standard InChI is InChI=1S/C12H21NS/c1-5-8(2)6-12(13)11-7-9(3)14-10(11)4/h7-8,12H,5-6,13H2,1-4H3. The Morgan fingerprint density at radius 3 is 2.50 bits per heavy atom. The number of nitrogens with two attached hydrogens (primary N) is 1. The van der Waals surface area contributed by atoms with Gasteiger partial charge in [0, 0.05) is 15.8 Å². The molecule has 0 aliphatic carbocycles. The molecular weight excluding hydrogens is 190 g/mol. The first-order chi connectivity index (χ1) is 6.54. The molecule has 2 heteroatoms. The molecule has 0 aliphatic rings. The predicted molar refractivity (Wildman–Crippen MR) is 64.8 cm³/mol. The largest absolute Gasteiger partial charge is 0.324 e. The van der Waals surface area contributed by atoms with Gasteiger partial charge in [0.15, 0.2) is 0 Å². The van der Waals surface area contributed by atoms with Gasteiger partial charge in [0.2, 0.25) is 0 Å². The molecule has 2 N–H and O–H groups in total. The second kappa shape index (κ2) is 4.94. The Bertz CT molecular complexity index is 291. The summed E-state index contributed by atoms with van der Waals surface area (Å²) in [6, 6.07) is 2.47. The van der Waals surface area contributed by atoms with Gasteiger partial charge in [-0.05, 0) is 37.8 Å².